The fourth-order valence-corrected chi connectivity index (χ4v) is 3.36. The molecule has 1 fully saturated rings. The molecule has 2 amide bonds. The smallest absolute Gasteiger partial charge is 0.241 e. The summed E-state index contributed by atoms with van der Waals surface area (Å²) in [4.78, 5) is 26.8. The maximum Gasteiger partial charge on any atom is 0.241 e. The SMILES string of the molecule is CCN(CC)C(=O)CNC(=O)C1(c2cccc(Cl)c2)CCOCC1. The van der Waals surface area contributed by atoms with E-state index in [2.05, 4.69) is 5.32 Å². The van der Waals surface area contributed by atoms with Crippen molar-refractivity contribution in [2.75, 3.05) is 32.8 Å². The number of nitrogens with one attached hydrogen (secondary N) is 1. The topological polar surface area (TPSA) is 58.6 Å². The van der Waals surface area contributed by atoms with Crippen LogP contribution in [0.25, 0.3) is 0 Å². The zero-order valence-corrected chi connectivity index (χ0v) is 15.1. The molecule has 0 atom stereocenters. The lowest BCUT2D eigenvalue weighted by atomic mass is 9.73. The summed E-state index contributed by atoms with van der Waals surface area (Å²) < 4.78 is 5.44. The van der Waals surface area contributed by atoms with E-state index in [1.54, 1.807) is 11.0 Å². The van der Waals surface area contributed by atoms with Crippen LogP contribution in [0.1, 0.15) is 32.3 Å². The van der Waals surface area contributed by atoms with E-state index in [1.807, 2.05) is 32.0 Å². The highest BCUT2D eigenvalue weighted by Gasteiger charge is 2.41. The summed E-state index contributed by atoms with van der Waals surface area (Å²) in [7, 11) is 0. The van der Waals surface area contributed by atoms with Crippen molar-refractivity contribution < 1.29 is 14.3 Å². The lowest BCUT2D eigenvalue weighted by Crippen LogP contribution is -2.50. The summed E-state index contributed by atoms with van der Waals surface area (Å²) in [5.74, 6) is -0.199. The maximum atomic E-state index is 13.0. The largest absolute Gasteiger partial charge is 0.381 e. The molecule has 1 aliphatic rings. The number of benzene rings is 1. The van der Waals surface area contributed by atoms with E-state index in [9.17, 15) is 9.59 Å². The van der Waals surface area contributed by atoms with Crippen molar-refractivity contribution >= 4 is 23.4 Å². The molecule has 0 bridgehead atoms. The highest BCUT2D eigenvalue weighted by molar-refractivity contribution is 6.30. The van der Waals surface area contributed by atoms with Crippen molar-refractivity contribution in [2.24, 2.45) is 0 Å². The Balaban J connectivity index is 2.16. The van der Waals surface area contributed by atoms with Crippen LogP contribution in [-0.4, -0.2) is 49.6 Å². The molecule has 24 heavy (non-hydrogen) atoms. The molecule has 1 aromatic rings. The van der Waals surface area contributed by atoms with Crippen molar-refractivity contribution in [1.82, 2.24) is 10.2 Å². The Hall–Kier alpha value is -1.59. The van der Waals surface area contributed by atoms with Crippen molar-refractivity contribution in [2.45, 2.75) is 32.1 Å². The molecule has 0 saturated carbocycles. The lowest BCUT2D eigenvalue weighted by Gasteiger charge is -2.36. The van der Waals surface area contributed by atoms with Gasteiger partial charge in [-0.15, -0.1) is 0 Å². The van der Waals surface area contributed by atoms with E-state index in [4.69, 9.17) is 16.3 Å². The van der Waals surface area contributed by atoms with Gasteiger partial charge in [-0.2, -0.15) is 0 Å². The summed E-state index contributed by atoms with van der Waals surface area (Å²) in [5, 5.41) is 3.43. The second-order valence-electron chi connectivity index (χ2n) is 5.95. The fraction of sp³-hybridized carbons (Fsp3) is 0.556. The van der Waals surface area contributed by atoms with Gasteiger partial charge in [0.15, 0.2) is 0 Å². The molecule has 1 aromatic carbocycles. The first-order chi connectivity index (χ1) is 11.5. The minimum atomic E-state index is -0.688. The van der Waals surface area contributed by atoms with Crippen LogP contribution in [-0.2, 0) is 19.7 Å². The Morgan fingerprint density at radius 1 is 1.25 bits per heavy atom. The monoisotopic (exact) mass is 352 g/mol. The van der Waals surface area contributed by atoms with Gasteiger partial charge in [-0.3, -0.25) is 9.59 Å². The molecule has 2 rings (SSSR count). The number of carbonyl (C=O) groups excluding carboxylic acids is 2. The van der Waals surface area contributed by atoms with Gasteiger partial charge in [0.2, 0.25) is 11.8 Å². The standard InChI is InChI=1S/C18H25ClN2O3/c1-3-21(4-2)16(22)13-20-17(23)18(8-10-24-11-9-18)14-6-5-7-15(19)12-14/h5-7,12H,3-4,8-11,13H2,1-2H3,(H,20,23). The van der Waals surface area contributed by atoms with Gasteiger partial charge in [0.1, 0.15) is 0 Å². The van der Waals surface area contributed by atoms with E-state index < -0.39 is 5.41 Å². The zero-order chi connectivity index (χ0) is 17.6. The van der Waals surface area contributed by atoms with Crippen LogP contribution in [0, 0.1) is 0 Å². The van der Waals surface area contributed by atoms with Crippen LogP contribution in [0.3, 0.4) is 0 Å². The summed E-state index contributed by atoms with van der Waals surface area (Å²) in [6.45, 7) is 6.18. The van der Waals surface area contributed by atoms with E-state index in [1.165, 1.54) is 0 Å². The first kappa shape index (κ1) is 18.7. The van der Waals surface area contributed by atoms with Crippen LogP contribution < -0.4 is 5.32 Å². The molecule has 6 heteroatoms. The van der Waals surface area contributed by atoms with Gasteiger partial charge < -0.3 is 15.0 Å². The third kappa shape index (κ3) is 4.08. The third-order valence-electron chi connectivity index (χ3n) is 4.67. The second-order valence-corrected chi connectivity index (χ2v) is 6.39. The van der Waals surface area contributed by atoms with Crippen molar-refractivity contribution in [3.05, 3.63) is 34.9 Å². The average molecular weight is 353 g/mol. The quantitative estimate of drug-likeness (QED) is 0.855. The van der Waals surface area contributed by atoms with Crippen LogP contribution in [0.2, 0.25) is 5.02 Å². The van der Waals surface area contributed by atoms with Gasteiger partial charge in [0.05, 0.1) is 12.0 Å². The molecule has 0 unspecified atom stereocenters. The number of rotatable bonds is 6. The first-order valence-electron chi connectivity index (χ1n) is 8.43. The summed E-state index contributed by atoms with van der Waals surface area (Å²) in [5.41, 5.74) is 0.193. The number of carbonyl (C=O) groups is 2. The van der Waals surface area contributed by atoms with Gasteiger partial charge >= 0.3 is 0 Å². The lowest BCUT2D eigenvalue weighted by molar-refractivity contribution is -0.136. The number of likely N-dealkylation sites (N-methyl/N-ethyl adjacent to an activating group) is 1. The van der Waals surface area contributed by atoms with Crippen LogP contribution in [0.4, 0.5) is 0 Å². The minimum Gasteiger partial charge on any atom is -0.381 e. The molecule has 1 aliphatic heterocycles. The molecule has 1 heterocycles. The number of nitrogens with zero attached hydrogens (tertiary/aromatic N) is 1. The van der Waals surface area contributed by atoms with Gasteiger partial charge in [0, 0.05) is 31.3 Å². The van der Waals surface area contributed by atoms with Gasteiger partial charge in [-0.05, 0) is 44.4 Å². The predicted molar refractivity (Wildman–Crippen MR) is 94.1 cm³/mol. The minimum absolute atomic E-state index is 0.0175. The molecule has 0 aliphatic carbocycles. The molecular weight excluding hydrogens is 328 g/mol. The summed E-state index contributed by atoms with van der Waals surface area (Å²) in [6.07, 6.45) is 1.16. The highest BCUT2D eigenvalue weighted by Crippen LogP contribution is 2.36. The Morgan fingerprint density at radius 3 is 2.50 bits per heavy atom. The van der Waals surface area contributed by atoms with Gasteiger partial charge in [-0.25, -0.2) is 0 Å². The molecule has 0 spiro atoms. The number of hydrogen-bond acceptors (Lipinski definition) is 3. The van der Waals surface area contributed by atoms with Crippen LogP contribution in [0.5, 0.6) is 0 Å². The Kier molecular flexibility index (Phi) is 6.63. The number of amides is 2. The molecule has 0 aromatic heterocycles. The van der Waals surface area contributed by atoms with E-state index in [0.29, 0.717) is 44.2 Å². The maximum absolute atomic E-state index is 13.0. The molecule has 0 radical (unpaired) electrons. The van der Waals surface area contributed by atoms with Crippen molar-refractivity contribution in [3.8, 4) is 0 Å². The highest BCUT2D eigenvalue weighted by atomic mass is 35.5. The molecule has 1 saturated heterocycles. The molecule has 5 nitrogen and oxygen atoms in total. The van der Waals surface area contributed by atoms with Crippen LogP contribution >= 0.6 is 11.6 Å². The van der Waals surface area contributed by atoms with Crippen molar-refractivity contribution in [1.29, 1.82) is 0 Å². The predicted octanol–water partition coefficient (Wildman–Crippen LogP) is 2.37. The Bertz CT molecular complexity index is 581. The number of ether oxygens (including phenoxy) is 1. The number of hydrogen-bond donors (Lipinski definition) is 1. The fourth-order valence-electron chi connectivity index (χ4n) is 3.17. The van der Waals surface area contributed by atoms with E-state index in [-0.39, 0.29) is 18.4 Å². The normalized spacial score (nSPS) is 16.5. The van der Waals surface area contributed by atoms with Gasteiger partial charge in [0.25, 0.3) is 0 Å². The first-order valence-corrected chi connectivity index (χ1v) is 8.81. The van der Waals surface area contributed by atoms with Crippen LogP contribution in [0.15, 0.2) is 24.3 Å². The molecular formula is C18H25ClN2O3. The van der Waals surface area contributed by atoms with Crippen molar-refractivity contribution in [3.63, 3.8) is 0 Å². The average Bonchev–Trinajstić information content (AvgIpc) is 2.61. The van der Waals surface area contributed by atoms with E-state index >= 15 is 0 Å². The van der Waals surface area contributed by atoms with E-state index in [0.717, 1.165) is 5.56 Å². The molecule has 1 N–H and O–H groups in total. The summed E-state index contributed by atoms with van der Waals surface area (Å²) in [6, 6.07) is 7.39. The molecule has 132 valence electrons. The number of halogens is 1. The summed E-state index contributed by atoms with van der Waals surface area (Å²) >= 11 is 6.11. The third-order valence-corrected chi connectivity index (χ3v) is 4.91. The zero-order valence-electron chi connectivity index (χ0n) is 14.3. The Morgan fingerprint density at radius 2 is 1.92 bits per heavy atom. The Labute approximate surface area is 148 Å². The van der Waals surface area contributed by atoms with Gasteiger partial charge in [-0.1, -0.05) is 23.7 Å². The second kappa shape index (κ2) is 8.49.